The van der Waals surface area contributed by atoms with E-state index in [0.717, 1.165) is 17.0 Å². The molecular formula is C15H30O2S2. The third-order valence-corrected chi connectivity index (χ3v) is 4.77. The van der Waals surface area contributed by atoms with Gasteiger partial charge in [-0.15, -0.1) is 11.8 Å². The first-order valence-electron chi connectivity index (χ1n) is 7.65. The Morgan fingerprint density at radius 2 is 1.53 bits per heavy atom. The topological polar surface area (TPSA) is 40.5 Å². The van der Waals surface area contributed by atoms with Gasteiger partial charge in [0.05, 0.1) is 12.7 Å². The van der Waals surface area contributed by atoms with Crippen molar-refractivity contribution >= 4 is 28.2 Å². The highest BCUT2D eigenvalue weighted by molar-refractivity contribution is 8.23. The normalized spacial score (nSPS) is 12.6. The van der Waals surface area contributed by atoms with Crippen molar-refractivity contribution in [3.63, 3.8) is 0 Å². The molecule has 0 aliphatic rings. The van der Waals surface area contributed by atoms with E-state index in [0.29, 0.717) is 5.75 Å². The molecule has 0 fully saturated rings. The van der Waals surface area contributed by atoms with Crippen LogP contribution >= 0.6 is 24.0 Å². The van der Waals surface area contributed by atoms with Crippen LogP contribution in [-0.2, 0) is 0 Å². The molecule has 1 atom stereocenters. The summed E-state index contributed by atoms with van der Waals surface area (Å²) in [5.41, 5.74) is 0. The van der Waals surface area contributed by atoms with Gasteiger partial charge in [0.25, 0.3) is 0 Å². The molecule has 0 heterocycles. The molecule has 0 aromatic carbocycles. The minimum absolute atomic E-state index is 0.173. The molecular weight excluding hydrogens is 276 g/mol. The van der Waals surface area contributed by atoms with Crippen molar-refractivity contribution in [3.8, 4) is 0 Å². The summed E-state index contributed by atoms with van der Waals surface area (Å²) in [5, 5.41) is 17.9. The monoisotopic (exact) mass is 306 g/mol. The van der Waals surface area contributed by atoms with E-state index in [1.54, 1.807) is 0 Å². The number of rotatable bonds is 13. The molecule has 0 amide bonds. The van der Waals surface area contributed by atoms with Crippen molar-refractivity contribution in [2.24, 2.45) is 0 Å². The van der Waals surface area contributed by atoms with E-state index in [1.807, 2.05) is 0 Å². The second-order valence-corrected chi connectivity index (χ2v) is 6.96. The molecule has 2 nitrogen and oxygen atoms in total. The molecule has 0 saturated heterocycles. The van der Waals surface area contributed by atoms with E-state index in [4.69, 9.17) is 17.3 Å². The molecule has 2 N–H and O–H groups in total. The maximum Gasteiger partial charge on any atom is 0.0864 e. The Balaban J connectivity index is 3.18. The first-order valence-corrected chi connectivity index (χ1v) is 9.04. The molecule has 0 aromatic heterocycles. The third-order valence-electron chi connectivity index (χ3n) is 3.13. The largest absolute Gasteiger partial charge is 0.394 e. The Labute approximate surface area is 128 Å². The van der Waals surface area contributed by atoms with Crippen LogP contribution in [0.25, 0.3) is 0 Å². The van der Waals surface area contributed by atoms with Crippen LogP contribution in [0.2, 0.25) is 0 Å². The summed E-state index contributed by atoms with van der Waals surface area (Å²) in [6.07, 6.45) is 12.3. The lowest BCUT2D eigenvalue weighted by molar-refractivity contribution is 0.114. The van der Waals surface area contributed by atoms with Crippen molar-refractivity contribution in [3.05, 3.63) is 0 Å². The van der Waals surface area contributed by atoms with Crippen LogP contribution in [-0.4, -0.2) is 32.9 Å². The fourth-order valence-electron chi connectivity index (χ4n) is 1.89. The zero-order valence-corrected chi connectivity index (χ0v) is 13.9. The minimum Gasteiger partial charge on any atom is -0.394 e. The molecule has 4 heteroatoms. The summed E-state index contributed by atoms with van der Waals surface area (Å²) in [4.78, 5) is 0. The molecule has 0 saturated carbocycles. The van der Waals surface area contributed by atoms with Crippen LogP contribution in [0.1, 0.15) is 71.1 Å². The molecule has 0 spiro atoms. The highest BCUT2D eigenvalue weighted by Gasteiger charge is 2.04. The van der Waals surface area contributed by atoms with Crippen molar-refractivity contribution < 1.29 is 10.2 Å². The van der Waals surface area contributed by atoms with Gasteiger partial charge < -0.3 is 10.2 Å². The Hall–Kier alpha value is 0.360. The lowest BCUT2D eigenvalue weighted by Gasteiger charge is -2.07. The van der Waals surface area contributed by atoms with Gasteiger partial charge in [-0.1, -0.05) is 70.5 Å². The summed E-state index contributed by atoms with van der Waals surface area (Å²) in [6, 6.07) is 0. The highest BCUT2D eigenvalue weighted by atomic mass is 32.2. The second kappa shape index (κ2) is 14.8. The maximum atomic E-state index is 9.21. The van der Waals surface area contributed by atoms with Crippen molar-refractivity contribution in [1.82, 2.24) is 0 Å². The zero-order chi connectivity index (χ0) is 14.3. The first kappa shape index (κ1) is 19.4. The van der Waals surface area contributed by atoms with Gasteiger partial charge >= 0.3 is 0 Å². The quantitative estimate of drug-likeness (QED) is 0.393. The summed E-state index contributed by atoms with van der Waals surface area (Å²) >= 11 is 6.75. The first-order chi connectivity index (χ1) is 9.20. The van der Waals surface area contributed by atoms with Gasteiger partial charge in [-0.25, -0.2) is 0 Å². The smallest absolute Gasteiger partial charge is 0.0864 e. The molecule has 0 radical (unpaired) electrons. The summed E-state index contributed by atoms with van der Waals surface area (Å²) < 4.78 is 0.968. The molecule has 0 unspecified atom stereocenters. The van der Waals surface area contributed by atoms with E-state index < -0.39 is 6.10 Å². The minimum atomic E-state index is -0.633. The van der Waals surface area contributed by atoms with Gasteiger partial charge in [-0.05, 0) is 12.8 Å². The number of thiocarbonyl (C=S) groups is 1. The van der Waals surface area contributed by atoms with Crippen LogP contribution in [0.4, 0.5) is 0 Å². The Morgan fingerprint density at radius 1 is 1.00 bits per heavy atom. The molecule has 0 aliphatic carbocycles. The van der Waals surface area contributed by atoms with Crippen LogP contribution in [0.5, 0.6) is 0 Å². The van der Waals surface area contributed by atoms with Gasteiger partial charge in [0.15, 0.2) is 0 Å². The van der Waals surface area contributed by atoms with E-state index in [-0.39, 0.29) is 6.61 Å². The predicted octanol–water partition coefficient (Wildman–Crippen LogP) is 4.32. The summed E-state index contributed by atoms with van der Waals surface area (Å²) in [7, 11) is 0. The van der Waals surface area contributed by atoms with Gasteiger partial charge in [-0.3, -0.25) is 0 Å². The average Bonchev–Trinajstić information content (AvgIpc) is 2.42. The van der Waals surface area contributed by atoms with Crippen molar-refractivity contribution in [1.29, 1.82) is 0 Å². The molecule has 0 bridgehead atoms. The van der Waals surface area contributed by atoms with Crippen molar-refractivity contribution in [2.75, 3.05) is 12.4 Å². The number of aliphatic hydroxyl groups is 2. The number of aliphatic hydroxyl groups excluding tert-OH is 2. The Bertz CT molecular complexity index is 210. The SMILES string of the molecule is CCCCCCCCCCCC(=S)SC[C@H](O)CO. The van der Waals surface area contributed by atoms with Crippen LogP contribution in [0, 0.1) is 0 Å². The number of unbranched alkanes of at least 4 members (excludes halogenated alkanes) is 8. The molecule has 114 valence electrons. The third kappa shape index (κ3) is 14.6. The van der Waals surface area contributed by atoms with E-state index >= 15 is 0 Å². The van der Waals surface area contributed by atoms with Gasteiger partial charge in [0, 0.05) is 9.95 Å². The summed E-state index contributed by atoms with van der Waals surface area (Å²) in [6.45, 7) is 2.08. The zero-order valence-electron chi connectivity index (χ0n) is 12.3. The Kier molecular flexibility index (Phi) is 15.0. The number of hydrogen-bond acceptors (Lipinski definition) is 4. The molecule has 0 aromatic rings. The number of hydrogen-bond donors (Lipinski definition) is 2. The van der Waals surface area contributed by atoms with Gasteiger partial charge in [0.1, 0.15) is 0 Å². The van der Waals surface area contributed by atoms with E-state index in [9.17, 15) is 5.11 Å². The highest BCUT2D eigenvalue weighted by Crippen LogP contribution is 2.15. The summed E-state index contributed by atoms with van der Waals surface area (Å²) in [5.74, 6) is 0.521. The van der Waals surface area contributed by atoms with E-state index in [1.165, 1.54) is 63.1 Å². The van der Waals surface area contributed by atoms with Gasteiger partial charge in [0.2, 0.25) is 0 Å². The van der Waals surface area contributed by atoms with Gasteiger partial charge in [-0.2, -0.15) is 0 Å². The van der Waals surface area contributed by atoms with Crippen molar-refractivity contribution in [2.45, 2.75) is 77.2 Å². The van der Waals surface area contributed by atoms with E-state index in [2.05, 4.69) is 6.92 Å². The Morgan fingerprint density at radius 3 is 2.05 bits per heavy atom. The molecule has 0 rings (SSSR count). The molecule has 19 heavy (non-hydrogen) atoms. The second-order valence-electron chi connectivity index (χ2n) is 5.10. The molecule has 0 aliphatic heterocycles. The number of thioether (sulfide) groups is 1. The lowest BCUT2D eigenvalue weighted by Crippen LogP contribution is -2.15. The fourth-order valence-corrected chi connectivity index (χ4v) is 3.01. The lowest BCUT2D eigenvalue weighted by atomic mass is 10.1. The predicted molar refractivity (Wildman–Crippen MR) is 90.0 cm³/mol. The fraction of sp³-hybridized carbons (Fsp3) is 0.933. The average molecular weight is 307 g/mol. The van der Waals surface area contributed by atoms with Crippen LogP contribution in [0.3, 0.4) is 0 Å². The standard InChI is InChI=1S/C15H30O2S2/c1-2-3-4-5-6-7-8-9-10-11-15(18)19-13-14(17)12-16/h14,16-17H,2-13H2,1H3/t14-/m1/s1. The van der Waals surface area contributed by atoms with Crippen LogP contribution < -0.4 is 0 Å². The van der Waals surface area contributed by atoms with Crippen LogP contribution in [0.15, 0.2) is 0 Å². The maximum absolute atomic E-state index is 9.21.